The largest absolute Gasteiger partial charge is 0.390 e. The monoisotopic (exact) mass is 319 g/mol. The number of amides is 1. The van der Waals surface area contributed by atoms with E-state index in [4.69, 9.17) is 5.26 Å². The lowest BCUT2D eigenvalue weighted by molar-refractivity contribution is -0.215. The molecule has 0 aromatic rings. The van der Waals surface area contributed by atoms with Crippen molar-refractivity contribution in [3.05, 3.63) is 0 Å². The quantitative estimate of drug-likeness (QED) is 0.688. The van der Waals surface area contributed by atoms with Gasteiger partial charge in [-0.2, -0.15) is 5.26 Å². The first-order chi connectivity index (χ1) is 10.9. The zero-order valence-corrected chi connectivity index (χ0v) is 13.4. The highest BCUT2D eigenvalue weighted by atomic mass is 16.3. The van der Waals surface area contributed by atoms with E-state index in [1.54, 1.807) is 4.90 Å². The molecule has 0 radical (unpaired) electrons. The van der Waals surface area contributed by atoms with Gasteiger partial charge in [0.15, 0.2) is 0 Å². The molecule has 1 heterocycles. The second kappa shape index (κ2) is 5.17. The first-order valence-corrected chi connectivity index (χ1v) is 8.80. The fraction of sp³-hybridized carbons (Fsp3) is 0.882. The maximum atomic E-state index is 12.4. The van der Waals surface area contributed by atoms with Crippen molar-refractivity contribution in [2.45, 2.75) is 68.2 Å². The van der Waals surface area contributed by atoms with Gasteiger partial charge < -0.3 is 20.4 Å². The molecule has 1 saturated heterocycles. The minimum Gasteiger partial charge on any atom is -0.390 e. The van der Waals surface area contributed by atoms with Crippen LogP contribution in [0.2, 0.25) is 0 Å². The number of hydrogen-bond donors (Lipinski definition) is 3. The summed E-state index contributed by atoms with van der Waals surface area (Å²) in [5.74, 6) is 0.599. The molecule has 5 unspecified atom stereocenters. The number of carbonyl (C=O) groups excluding carboxylic acids is 1. The number of hydrogen-bond acceptors (Lipinski definition) is 5. The first-order valence-electron chi connectivity index (χ1n) is 8.80. The predicted octanol–water partition coefficient (Wildman–Crippen LogP) is 0.145. The molecular weight excluding hydrogens is 294 g/mol. The van der Waals surface area contributed by atoms with E-state index in [1.807, 2.05) is 0 Å². The van der Waals surface area contributed by atoms with E-state index in [9.17, 15) is 15.0 Å². The molecule has 6 heteroatoms. The van der Waals surface area contributed by atoms with E-state index < -0.39 is 11.2 Å². The Labute approximate surface area is 136 Å². The molecular formula is C17H25N3O3. The van der Waals surface area contributed by atoms with Crippen molar-refractivity contribution < 1.29 is 15.0 Å². The Morgan fingerprint density at radius 2 is 2.17 bits per heavy atom. The fourth-order valence-corrected chi connectivity index (χ4v) is 5.93. The lowest BCUT2D eigenvalue weighted by Crippen LogP contribution is -2.70. The Balaban J connectivity index is 1.42. The van der Waals surface area contributed by atoms with Gasteiger partial charge in [-0.25, -0.2) is 0 Å². The van der Waals surface area contributed by atoms with Crippen LogP contribution >= 0.6 is 0 Å². The molecule has 5 fully saturated rings. The van der Waals surface area contributed by atoms with Gasteiger partial charge in [-0.15, -0.1) is 0 Å². The van der Waals surface area contributed by atoms with Crippen molar-refractivity contribution in [1.29, 1.82) is 5.26 Å². The molecule has 3 N–H and O–H groups in total. The number of rotatable bonds is 3. The van der Waals surface area contributed by atoms with E-state index >= 15 is 0 Å². The average Bonchev–Trinajstić information content (AvgIpc) is 2.92. The van der Waals surface area contributed by atoms with Crippen molar-refractivity contribution in [2.24, 2.45) is 11.8 Å². The predicted molar refractivity (Wildman–Crippen MR) is 82.1 cm³/mol. The van der Waals surface area contributed by atoms with Gasteiger partial charge in [-0.1, -0.05) is 0 Å². The van der Waals surface area contributed by atoms with Crippen molar-refractivity contribution in [1.82, 2.24) is 10.2 Å². The maximum absolute atomic E-state index is 12.4. The van der Waals surface area contributed by atoms with Crippen LogP contribution in [0.3, 0.4) is 0 Å². The highest BCUT2D eigenvalue weighted by Crippen LogP contribution is 2.57. The minimum atomic E-state index is -0.890. The van der Waals surface area contributed by atoms with Crippen LogP contribution in [-0.4, -0.2) is 57.4 Å². The molecule has 5 rings (SSSR count). The van der Waals surface area contributed by atoms with Crippen molar-refractivity contribution in [3.8, 4) is 6.07 Å². The first kappa shape index (κ1) is 15.4. The van der Waals surface area contributed by atoms with E-state index in [0.29, 0.717) is 18.9 Å². The van der Waals surface area contributed by atoms with Crippen LogP contribution in [0.25, 0.3) is 0 Å². The van der Waals surface area contributed by atoms with Crippen LogP contribution in [0, 0.1) is 23.2 Å². The summed E-state index contributed by atoms with van der Waals surface area (Å²) in [5.41, 5.74) is -1.59. The standard InChI is InChI=1S/C17H25N3O3/c18-8-13-2-1-3-20(13)14(21)9-19-15-12-4-11-5-16(22,7-12)10-17(15,23)6-11/h11-13,15,19,22-23H,1-7,9-10H2/t11?,12?,13-,15?,16?,17?/m0/s1. The highest BCUT2D eigenvalue weighted by molar-refractivity contribution is 5.79. The summed E-state index contributed by atoms with van der Waals surface area (Å²) >= 11 is 0. The van der Waals surface area contributed by atoms with Crippen LogP contribution < -0.4 is 5.32 Å². The third-order valence-electron chi connectivity index (χ3n) is 6.47. The number of carbonyl (C=O) groups is 1. The van der Waals surface area contributed by atoms with Gasteiger partial charge in [0, 0.05) is 19.0 Å². The Morgan fingerprint density at radius 1 is 1.35 bits per heavy atom. The second-order valence-electron chi connectivity index (χ2n) is 8.21. The van der Waals surface area contributed by atoms with Gasteiger partial charge in [-0.3, -0.25) is 4.79 Å². The summed E-state index contributed by atoms with van der Waals surface area (Å²) in [7, 11) is 0. The van der Waals surface area contributed by atoms with Crippen LogP contribution in [-0.2, 0) is 4.79 Å². The molecule has 6 nitrogen and oxygen atoms in total. The molecule has 23 heavy (non-hydrogen) atoms. The van der Waals surface area contributed by atoms with Gasteiger partial charge in [0.25, 0.3) is 0 Å². The molecule has 1 aliphatic heterocycles. The van der Waals surface area contributed by atoms with Crippen LogP contribution in [0.15, 0.2) is 0 Å². The molecule has 4 aliphatic carbocycles. The molecule has 1 amide bonds. The summed E-state index contributed by atoms with van der Waals surface area (Å²) in [6, 6.07) is 1.77. The SMILES string of the molecule is N#C[C@@H]1CCCN1C(=O)CNC1C2CC3CC(O)(C2)CC1(O)C3. The summed E-state index contributed by atoms with van der Waals surface area (Å²) in [4.78, 5) is 14.1. The van der Waals surface area contributed by atoms with Crippen LogP contribution in [0.4, 0.5) is 0 Å². The Hall–Kier alpha value is -1.16. The van der Waals surface area contributed by atoms with Crippen molar-refractivity contribution in [3.63, 3.8) is 0 Å². The highest BCUT2D eigenvalue weighted by Gasteiger charge is 2.61. The average molecular weight is 319 g/mol. The zero-order valence-electron chi connectivity index (χ0n) is 13.4. The second-order valence-corrected chi connectivity index (χ2v) is 8.21. The molecule has 0 aromatic carbocycles. The number of nitriles is 1. The molecule has 5 aliphatic rings. The summed E-state index contributed by atoms with van der Waals surface area (Å²) in [6.45, 7) is 0.823. The molecule has 0 spiro atoms. The number of aliphatic hydroxyl groups is 2. The number of nitrogens with zero attached hydrogens (tertiary/aromatic N) is 2. The van der Waals surface area contributed by atoms with Gasteiger partial charge in [-0.05, 0) is 50.4 Å². The third kappa shape index (κ3) is 2.46. The van der Waals surface area contributed by atoms with Crippen LogP contribution in [0.5, 0.6) is 0 Å². The molecule has 4 saturated carbocycles. The normalized spacial score (nSPS) is 47.8. The maximum Gasteiger partial charge on any atom is 0.237 e. The third-order valence-corrected chi connectivity index (χ3v) is 6.47. The van der Waals surface area contributed by atoms with Gasteiger partial charge in [0.2, 0.25) is 5.91 Å². The fourth-order valence-electron chi connectivity index (χ4n) is 5.93. The number of nitrogens with one attached hydrogen (secondary N) is 1. The summed E-state index contributed by atoms with van der Waals surface area (Å²) < 4.78 is 0. The van der Waals surface area contributed by atoms with Gasteiger partial charge in [0.05, 0.1) is 23.8 Å². The Morgan fingerprint density at radius 3 is 2.87 bits per heavy atom. The molecule has 6 atom stereocenters. The Bertz CT molecular complexity index is 562. The smallest absolute Gasteiger partial charge is 0.237 e. The molecule has 126 valence electrons. The van der Waals surface area contributed by atoms with Crippen LogP contribution in [0.1, 0.15) is 44.9 Å². The van der Waals surface area contributed by atoms with E-state index in [1.165, 1.54) is 0 Å². The number of likely N-dealkylation sites (tertiary alicyclic amines) is 1. The zero-order chi connectivity index (χ0) is 16.2. The van der Waals surface area contributed by atoms with E-state index in [-0.39, 0.29) is 30.5 Å². The van der Waals surface area contributed by atoms with Crippen molar-refractivity contribution in [2.75, 3.05) is 13.1 Å². The van der Waals surface area contributed by atoms with Gasteiger partial charge >= 0.3 is 0 Å². The van der Waals surface area contributed by atoms with Crippen molar-refractivity contribution >= 4 is 5.91 Å². The lowest BCUT2D eigenvalue weighted by atomic mass is 9.50. The molecule has 0 aromatic heterocycles. The Kier molecular flexibility index (Phi) is 3.45. The summed E-state index contributed by atoms with van der Waals surface area (Å²) in [5, 5.41) is 34.0. The topological polar surface area (TPSA) is 96.6 Å². The van der Waals surface area contributed by atoms with Gasteiger partial charge in [0.1, 0.15) is 6.04 Å². The lowest BCUT2D eigenvalue weighted by Gasteiger charge is -2.62. The minimum absolute atomic E-state index is 0.0508. The summed E-state index contributed by atoms with van der Waals surface area (Å²) in [6.07, 6.45) is 5.35. The molecule has 4 bridgehead atoms. The van der Waals surface area contributed by atoms with E-state index in [0.717, 1.165) is 38.5 Å². The van der Waals surface area contributed by atoms with E-state index in [2.05, 4.69) is 11.4 Å².